The van der Waals surface area contributed by atoms with Gasteiger partial charge in [-0.25, -0.2) is 9.59 Å². The van der Waals surface area contributed by atoms with Crippen molar-refractivity contribution < 1.29 is 38.3 Å². The summed E-state index contributed by atoms with van der Waals surface area (Å²) in [7, 11) is 1.62. The third-order valence-electron chi connectivity index (χ3n) is 5.67. The molecular formula is C26H21N3O9. The Hall–Kier alpha value is -5.26. The topological polar surface area (TPSA) is 156 Å². The normalized spacial score (nSPS) is 12.3. The standard InChI is InChI=1S/C26H21N3O9/c1-15-11-22(30)23-21(24(15)31)12-19(28(23)2)14-36-25(32)27-17-5-3-16(4-6-17)13-37-26(33)38-20-9-7-18(8-10-20)29(34)35/h3-12H,13-14H2,1-2H3,(H,27,32). The van der Waals surface area contributed by atoms with Gasteiger partial charge < -0.3 is 18.8 Å². The van der Waals surface area contributed by atoms with Gasteiger partial charge in [0.15, 0.2) is 5.78 Å². The van der Waals surface area contributed by atoms with E-state index in [9.17, 15) is 29.3 Å². The van der Waals surface area contributed by atoms with E-state index in [2.05, 4.69) is 5.32 Å². The summed E-state index contributed by atoms with van der Waals surface area (Å²) in [6.45, 7) is 1.31. The summed E-state index contributed by atoms with van der Waals surface area (Å²) in [4.78, 5) is 58.8. The predicted octanol–water partition coefficient (Wildman–Crippen LogP) is 4.72. The average molecular weight is 519 g/mol. The number of amides is 1. The lowest BCUT2D eigenvalue weighted by molar-refractivity contribution is -0.384. The van der Waals surface area contributed by atoms with Crippen LogP contribution in [0.5, 0.6) is 5.75 Å². The minimum atomic E-state index is -0.985. The monoisotopic (exact) mass is 519 g/mol. The number of anilines is 1. The molecule has 1 N–H and O–H groups in total. The number of hydrogen-bond acceptors (Lipinski definition) is 9. The molecular weight excluding hydrogens is 498 g/mol. The molecule has 2 aromatic carbocycles. The minimum Gasteiger partial charge on any atom is -0.443 e. The van der Waals surface area contributed by atoms with E-state index in [4.69, 9.17) is 14.2 Å². The van der Waals surface area contributed by atoms with Crippen molar-refractivity contribution in [1.82, 2.24) is 4.57 Å². The van der Waals surface area contributed by atoms with E-state index < -0.39 is 17.2 Å². The SMILES string of the molecule is CC1=CC(=O)c2c(cc(COC(=O)Nc3ccc(COC(=O)Oc4ccc([N+](=O)[O-])cc4)cc3)n2C)C1=O. The lowest BCUT2D eigenvalue weighted by atomic mass is 9.96. The average Bonchev–Trinajstić information content (AvgIpc) is 3.22. The maximum Gasteiger partial charge on any atom is 0.514 e. The molecule has 0 saturated heterocycles. The molecule has 1 aromatic heterocycles. The van der Waals surface area contributed by atoms with Crippen LogP contribution in [0.3, 0.4) is 0 Å². The molecule has 0 unspecified atom stereocenters. The molecule has 12 heteroatoms. The number of benzene rings is 2. The third-order valence-corrected chi connectivity index (χ3v) is 5.67. The summed E-state index contributed by atoms with van der Waals surface area (Å²) in [5.41, 5.74) is 2.28. The number of nitrogens with zero attached hydrogens (tertiary/aromatic N) is 2. The van der Waals surface area contributed by atoms with E-state index in [1.165, 1.54) is 34.9 Å². The van der Waals surface area contributed by atoms with Crippen LogP contribution < -0.4 is 10.1 Å². The number of allylic oxidation sites excluding steroid dienone is 2. The summed E-state index contributed by atoms with van der Waals surface area (Å²) in [6, 6.07) is 12.9. The molecule has 0 aliphatic heterocycles. The van der Waals surface area contributed by atoms with Crippen molar-refractivity contribution in [3.8, 4) is 5.75 Å². The molecule has 38 heavy (non-hydrogen) atoms. The highest BCUT2D eigenvalue weighted by Gasteiger charge is 2.28. The highest BCUT2D eigenvalue weighted by atomic mass is 16.7. The van der Waals surface area contributed by atoms with Gasteiger partial charge in [-0.1, -0.05) is 12.1 Å². The zero-order chi connectivity index (χ0) is 27.4. The Labute approximate surface area is 215 Å². The Kier molecular flexibility index (Phi) is 7.33. The van der Waals surface area contributed by atoms with Crippen LogP contribution in [-0.2, 0) is 29.7 Å². The van der Waals surface area contributed by atoms with Crippen molar-refractivity contribution in [2.75, 3.05) is 5.32 Å². The first-order valence-corrected chi connectivity index (χ1v) is 11.2. The van der Waals surface area contributed by atoms with Crippen LogP contribution >= 0.6 is 0 Å². The van der Waals surface area contributed by atoms with Gasteiger partial charge >= 0.3 is 12.2 Å². The van der Waals surface area contributed by atoms with Crippen LogP contribution in [0, 0.1) is 10.1 Å². The van der Waals surface area contributed by atoms with Crippen molar-refractivity contribution in [3.63, 3.8) is 0 Å². The van der Waals surface area contributed by atoms with E-state index in [1.807, 2.05) is 0 Å². The Morgan fingerprint density at radius 1 is 1.00 bits per heavy atom. The fourth-order valence-electron chi connectivity index (χ4n) is 3.69. The Bertz CT molecular complexity index is 1470. The molecule has 0 atom stereocenters. The number of carbonyl (C=O) groups is 4. The van der Waals surface area contributed by atoms with Crippen molar-refractivity contribution in [2.45, 2.75) is 20.1 Å². The summed E-state index contributed by atoms with van der Waals surface area (Å²) >= 11 is 0. The largest absolute Gasteiger partial charge is 0.514 e. The molecule has 194 valence electrons. The summed E-state index contributed by atoms with van der Waals surface area (Å²) < 4.78 is 16.8. The van der Waals surface area contributed by atoms with E-state index in [1.54, 1.807) is 44.3 Å². The van der Waals surface area contributed by atoms with E-state index >= 15 is 0 Å². The molecule has 0 spiro atoms. The first-order chi connectivity index (χ1) is 18.1. The first kappa shape index (κ1) is 25.8. The quantitative estimate of drug-likeness (QED) is 0.202. The molecule has 3 aromatic rings. The molecule has 1 heterocycles. The lowest BCUT2D eigenvalue weighted by Crippen LogP contribution is -2.18. The number of fused-ring (bicyclic) bond motifs is 1. The van der Waals surface area contributed by atoms with Gasteiger partial charge in [0.05, 0.1) is 16.2 Å². The second-order valence-electron chi connectivity index (χ2n) is 8.27. The molecule has 0 fully saturated rings. The first-order valence-electron chi connectivity index (χ1n) is 11.2. The van der Waals surface area contributed by atoms with Crippen LogP contribution in [0.25, 0.3) is 0 Å². The smallest absolute Gasteiger partial charge is 0.443 e. The van der Waals surface area contributed by atoms with Gasteiger partial charge in [-0.05, 0) is 48.9 Å². The number of nitrogens with one attached hydrogen (secondary N) is 1. The Balaban J connectivity index is 1.25. The number of nitro groups is 1. The summed E-state index contributed by atoms with van der Waals surface area (Å²) in [5, 5.41) is 13.2. The number of ketones is 2. The second kappa shape index (κ2) is 10.8. The number of hydrogen-bond donors (Lipinski definition) is 1. The van der Waals surface area contributed by atoms with Crippen molar-refractivity contribution in [3.05, 3.63) is 98.9 Å². The lowest BCUT2D eigenvalue weighted by Gasteiger charge is -2.11. The Morgan fingerprint density at radius 3 is 2.34 bits per heavy atom. The maximum atomic E-state index is 12.3. The van der Waals surface area contributed by atoms with Crippen LogP contribution in [-0.4, -0.2) is 33.3 Å². The highest BCUT2D eigenvalue weighted by Crippen LogP contribution is 2.25. The summed E-state index contributed by atoms with van der Waals surface area (Å²) in [5.74, 6) is -0.423. The summed E-state index contributed by atoms with van der Waals surface area (Å²) in [6.07, 6.45) is -0.438. The van der Waals surface area contributed by atoms with Gasteiger partial charge in [0.1, 0.15) is 24.7 Å². The number of ether oxygens (including phenoxy) is 3. The zero-order valence-electron chi connectivity index (χ0n) is 20.3. The van der Waals surface area contributed by atoms with Gasteiger partial charge in [-0.3, -0.25) is 25.0 Å². The number of aromatic nitrogens is 1. The fraction of sp³-hybridized carbons (Fsp3) is 0.154. The number of Topliss-reactive ketones (excluding diaryl/α,β-unsaturated/α-hetero) is 1. The van der Waals surface area contributed by atoms with E-state index in [0.717, 1.165) is 0 Å². The van der Waals surface area contributed by atoms with Crippen LogP contribution in [0.2, 0.25) is 0 Å². The fourth-order valence-corrected chi connectivity index (χ4v) is 3.69. The number of nitro benzene ring substituents is 1. The molecule has 1 aliphatic rings. The molecule has 4 rings (SSSR count). The number of carbonyl (C=O) groups excluding carboxylic acids is 4. The van der Waals surface area contributed by atoms with Gasteiger partial charge in [0.2, 0.25) is 5.78 Å². The molecule has 0 bridgehead atoms. The van der Waals surface area contributed by atoms with Gasteiger partial charge in [0.25, 0.3) is 5.69 Å². The highest BCUT2D eigenvalue weighted by molar-refractivity contribution is 6.23. The van der Waals surface area contributed by atoms with E-state index in [0.29, 0.717) is 22.5 Å². The third kappa shape index (κ3) is 5.75. The van der Waals surface area contributed by atoms with Crippen molar-refractivity contribution in [1.29, 1.82) is 0 Å². The van der Waals surface area contributed by atoms with Crippen LogP contribution in [0.1, 0.15) is 39.0 Å². The van der Waals surface area contributed by atoms with Gasteiger partial charge in [-0.2, -0.15) is 0 Å². The molecule has 12 nitrogen and oxygen atoms in total. The van der Waals surface area contributed by atoms with E-state index in [-0.39, 0.29) is 47.5 Å². The minimum absolute atomic E-state index is 0.0964. The Morgan fingerprint density at radius 2 is 1.68 bits per heavy atom. The van der Waals surface area contributed by atoms with Gasteiger partial charge in [0, 0.05) is 30.4 Å². The van der Waals surface area contributed by atoms with Crippen molar-refractivity contribution in [2.24, 2.45) is 7.05 Å². The van der Waals surface area contributed by atoms with Crippen LogP contribution in [0.15, 0.2) is 66.2 Å². The van der Waals surface area contributed by atoms with Gasteiger partial charge in [-0.15, -0.1) is 0 Å². The molecule has 1 amide bonds. The molecule has 0 radical (unpaired) electrons. The van der Waals surface area contributed by atoms with Crippen molar-refractivity contribution >= 4 is 35.2 Å². The molecule has 1 aliphatic carbocycles. The van der Waals surface area contributed by atoms with Crippen LogP contribution in [0.4, 0.5) is 21.0 Å². The maximum absolute atomic E-state index is 12.3. The number of non-ortho nitro benzene ring substituents is 1. The molecule has 0 saturated carbocycles. The predicted molar refractivity (Wildman–Crippen MR) is 132 cm³/mol. The zero-order valence-corrected chi connectivity index (χ0v) is 20.3. The number of rotatable bonds is 7. The second-order valence-corrected chi connectivity index (χ2v) is 8.27.